The highest BCUT2D eigenvalue weighted by Gasteiger charge is 2.20. The molecule has 0 unspecified atom stereocenters. The molecule has 3 aromatic rings. The third kappa shape index (κ3) is 3.08. The average Bonchev–Trinajstić information content (AvgIpc) is 2.89. The van der Waals surface area contributed by atoms with Crippen LogP contribution in [0.2, 0.25) is 0 Å². The van der Waals surface area contributed by atoms with Gasteiger partial charge in [0.05, 0.1) is 27.2 Å². The van der Waals surface area contributed by atoms with Crippen molar-refractivity contribution < 1.29 is 18.3 Å². The molecule has 2 aromatic carbocycles. The summed E-state index contributed by atoms with van der Waals surface area (Å²) in [6.07, 6.45) is 0. The van der Waals surface area contributed by atoms with E-state index in [0.29, 0.717) is 23.4 Å². The maximum Gasteiger partial charge on any atom is 0.337 e. The van der Waals surface area contributed by atoms with Crippen molar-refractivity contribution >= 4 is 32.7 Å². The molecule has 0 aliphatic carbocycles. The minimum atomic E-state index is -3.81. The minimum absolute atomic E-state index is 0.00529. The van der Waals surface area contributed by atoms with Gasteiger partial charge >= 0.3 is 5.97 Å². The number of nitrogens with zero attached hydrogens (tertiary/aromatic N) is 2. The molecule has 0 fully saturated rings. The zero-order valence-corrected chi connectivity index (χ0v) is 14.5. The Kier molecular flexibility index (Phi) is 4.22. The molecular formula is C17H17N3O4S. The maximum atomic E-state index is 12.5. The number of aryl methyl sites for hydroxylation is 2. The lowest BCUT2D eigenvalue weighted by atomic mass is 10.1. The molecule has 2 N–H and O–H groups in total. The lowest BCUT2D eigenvalue weighted by Gasteiger charge is -2.10. The number of rotatable bonds is 5. The molecule has 8 heteroatoms. The van der Waals surface area contributed by atoms with Crippen molar-refractivity contribution in [2.75, 3.05) is 4.72 Å². The van der Waals surface area contributed by atoms with Crippen LogP contribution in [-0.2, 0) is 16.6 Å². The number of hydrogen-bond donors (Lipinski definition) is 2. The fraction of sp³-hybridized carbons (Fsp3) is 0.176. The van der Waals surface area contributed by atoms with Crippen molar-refractivity contribution in [2.24, 2.45) is 0 Å². The third-order valence-electron chi connectivity index (χ3n) is 3.88. The Morgan fingerprint density at radius 2 is 1.92 bits per heavy atom. The van der Waals surface area contributed by atoms with E-state index in [0.717, 1.165) is 0 Å². The summed E-state index contributed by atoms with van der Waals surface area (Å²) in [5.74, 6) is -0.469. The smallest absolute Gasteiger partial charge is 0.337 e. The van der Waals surface area contributed by atoms with Crippen molar-refractivity contribution in [1.29, 1.82) is 0 Å². The van der Waals surface area contributed by atoms with Crippen LogP contribution >= 0.6 is 0 Å². The number of nitrogens with one attached hydrogen (secondary N) is 1. The molecule has 1 heterocycles. The number of fused-ring (bicyclic) bond motifs is 1. The van der Waals surface area contributed by atoms with Crippen LogP contribution in [0.5, 0.6) is 0 Å². The van der Waals surface area contributed by atoms with Gasteiger partial charge in [-0.1, -0.05) is 18.2 Å². The summed E-state index contributed by atoms with van der Waals surface area (Å²) in [4.78, 5) is 16.1. The number of aromatic nitrogens is 2. The van der Waals surface area contributed by atoms with Gasteiger partial charge in [-0.05, 0) is 38.1 Å². The van der Waals surface area contributed by atoms with Gasteiger partial charge in [0.25, 0.3) is 10.0 Å². The minimum Gasteiger partial charge on any atom is -0.478 e. The normalized spacial score (nSPS) is 11.6. The van der Waals surface area contributed by atoms with Gasteiger partial charge < -0.3 is 9.67 Å². The van der Waals surface area contributed by atoms with Crippen molar-refractivity contribution in [3.05, 3.63) is 53.9 Å². The molecule has 130 valence electrons. The highest BCUT2D eigenvalue weighted by molar-refractivity contribution is 7.92. The van der Waals surface area contributed by atoms with E-state index < -0.39 is 16.0 Å². The quantitative estimate of drug-likeness (QED) is 0.729. The van der Waals surface area contributed by atoms with E-state index in [1.165, 1.54) is 18.2 Å². The van der Waals surface area contributed by atoms with Crippen LogP contribution in [0, 0.1) is 6.92 Å². The van der Waals surface area contributed by atoms with Crippen molar-refractivity contribution in [3.63, 3.8) is 0 Å². The molecule has 3 rings (SSSR count). The monoisotopic (exact) mass is 359 g/mol. The van der Waals surface area contributed by atoms with Crippen LogP contribution in [0.4, 0.5) is 5.69 Å². The topological polar surface area (TPSA) is 101 Å². The summed E-state index contributed by atoms with van der Waals surface area (Å²) in [6.45, 7) is 4.24. The molecule has 0 aliphatic heterocycles. The number of carboxylic acids is 1. The second kappa shape index (κ2) is 6.21. The number of imidazole rings is 1. The molecule has 25 heavy (non-hydrogen) atoms. The number of carboxylic acid groups (broad SMARTS) is 1. The summed E-state index contributed by atoms with van der Waals surface area (Å²) in [6, 6.07) is 10.7. The molecule has 0 saturated heterocycles. The Bertz CT molecular complexity index is 1060. The van der Waals surface area contributed by atoms with Gasteiger partial charge in [-0.2, -0.15) is 0 Å². The SMILES string of the molecule is CCn1c(C)nc2cc(NS(=O)(=O)c3ccccc3)cc(C(=O)O)c21. The largest absolute Gasteiger partial charge is 0.478 e. The van der Waals surface area contributed by atoms with E-state index in [1.54, 1.807) is 35.8 Å². The predicted octanol–water partition coefficient (Wildman–Crippen LogP) is 2.86. The first-order valence-corrected chi connectivity index (χ1v) is 9.14. The molecule has 0 aliphatic rings. The van der Waals surface area contributed by atoms with E-state index in [2.05, 4.69) is 9.71 Å². The number of carbonyl (C=O) groups is 1. The molecule has 0 saturated carbocycles. The summed E-state index contributed by atoms with van der Waals surface area (Å²) in [7, 11) is -3.81. The molecular weight excluding hydrogens is 342 g/mol. The van der Waals surface area contributed by atoms with E-state index in [4.69, 9.17) is 0 Å². The number of aromatic carboxylic acids is 1. The molecule has 0 bridgehead atoms. The predicted molar refractivity (Wildman–Crippen MR) is 94.4 cm³/mol. The second-order valence-corrected chi connectivity index (χ2v) is 7.20. The number of benzene rings is 2. The van der Waals surface area contributed by atoms with E-state index in [-0.39, 0.29) is 16.1 Å². The van der Waals surface area contributed by atoms with Crippen LogP contribution < -0.4 is 4.72 Å². The first-order chi connectivity index (χ1) is 11.8. The van der Waals surface area contributed by atoms with Gasteiger partial charge in [-0.15, -0.1) is 0 Å². The summed E-state index contributed by atoms with van der Waals surface area (Å²) >= 11 is 0. The Morgan fingerprint density at radius 1 is 1.24 bits per heavy atom. The van der Waals surface area contributed by atoms with Crippen molar-refractivity contribution in [3.8, 4) is 0 Å². The molecule has 7 nitrogen and oxygen atoms in total. The maximum absolute atomic E-state index is 12.5. The van der Waals surface area contributed by atoms with Gasteiger partial charge in [0.1, 0.15) is 5.82 Å². The summed E-state index contributed by atoms with van der Waals surface area (Å²) in [5, 5.41) is 9.53. The van der Waals surface area contributed by atoms with E-state index in [1.807, 2.05) is 6.92 Å². The zero-order chi connectivity index (χ0) is 18.2. The zero-order valence-electron chi connectivity index (χ0n) is 13.7. The van der Waals surface area contributed by atoms with Gasteiger partial charge in [0.15, 0.2) is 0 Å². The average molecular weight is 359 g/mol. The lowest BCUT2D eigenvalue weighted by Crippen LogP contribution is -2.13. The van der Waals surface area contributed by atoms with Crippen LogP contribution in [0.25, 0.3) is 11.0 Å². The first-order valence-electron chi connectivity index (χ1n) is 7.65. The number of hydrogen-bond acceptors (Lipinski definition) is 4. The van der Waals surface area contributed by atoms with Gasteiger partial charge in [0.2, 0.25) is 0 Å². The molecule has 1 aromatic heterocycles. The Hall–Kier alpha value is -2.87. The van der Waals surface area contributed by atoms with Gasteiger partial charge in [0, 0.05) is 6.54 Å². The van der Waals surface area contributed by atoms with Crippen LogP contribution in [-0.4, -0.2) is 29.0 Å². The highest BCUT2D eigenvalue weighted by atomic mass is 32.2. The fourth-order valence-electron chi connectivity index (χ4n) is 2.81. The summed E-state index contributed by atoms with van der Waals surface area (Å²) in [5.41, 5.74) is 1.08. The third-order valence-corrected chi connectivity index (χ3v) is 5.28. The van der Waals surface area contributed by atoms with E-state index >= 15 is 0 Å². The van der Waals surface area contributed by atoms with E-state index in [9.17, 15) is 18.3 Å². The van der Waals surface area contributed by atoms with Crippen molar-refractivity contribution in [1.82, 2.24) is 9.55 Å². The van der Waals surface area contributed by atoms with Crippen molar-refractivity contribution in [2.45, 2.75) is 25.3 Å². The Morgan fingerprint density at radius 3 is 2.52 bits per heavy atom. The first kappa shape index (κ1) is 17.0. The standard InChI is InChI=1S/C17H17N3O4S/c1-3-20-11(2)18-15-10-12(9-14(16(15)20)17(21)22)19-25(23,24)13-7-5-4-6-8-13/h4-10,19H,3H2,1-2H3,(H,21,22). The van der Waals surface area contributed by atoms with Gasteiger partial charge in [-0.25, -0.2) is 18.2 Å². The van der Waals surface area contributed by atoms with Crippen LogP contribution in [0.15, 0.2) is 47.4 Å². The van der Waals surface area contributed by atoms with Crippen LogP contribution in [0.1, 0.15) is 23.1 Å². The molecule has 0 atom stereocenters. The second-order valence-electron chi connectivity index (χ2n) is 5.52. The fourth-order valence-corrected chi connectivity index (χ4v) is 3.87. The molecule has 0 radical (unpaired) electrons. The number of sulfonamides is 1. The van der Waals surface area contributed by atoms with Crippen LogP contribution in [0.3, 0.4) is 0 Å². The molecule has 0 spiro atoms. The molecule has 0 amide bonds. The Balaban J connectivity index is 2.14. The van der Waals surface area contributed by atoms with Gasteiger partial charge in [-0.3, -0.25) is 4.72 Å². The lowest BCUT2D eigenvalue weighted by molar-refractivity contribution is 0.0698. The number of anilines is 1. The highest BCUT2D eigenvalue weighted by Crippen LogP contribution is 2.27. The Labute approximate surface area is 145 Å². The summed E-state index contributed by atoms with van der Waals surface area (Å²) < 4.78 is 29.1.